The monoisotopic (exact) mass is 248 g/mol. The summed E-state index contributed by atoms with van der Waals surface area (Å²) in [6.45, 7) is 7.65. The number of aryl methyl sites for hydroxylation is 3. The number of hydrogen-bond acceptors (Lipinski definition) is 2. The summed E-state index contributed by atoms with van der Waals surface area (Å²) < 4.78 is 0. The van der Waals surface area contributed by atoms with E-state index in [1.165, 1.54) is 0 Å². The van der Waals surface area contributed by atoms with Crippen LogP contribution in [0.5, 0.6) is 0 Å². The average molecular weight is 248 g/mol. The molecule has 3 nitrogen and oxygen atoms in total. The standard InChI is InChI=1S/C15H20O3/c1-9-5-11(3)15(12(4)6-9)13(16)7-10(2)8-14(17)18/h5-6,10H,7-8H2,1-4H3,(H,17,18). The predicted molar refractivity (Wildman–Crippen MR) is 71.0 cm³/mol. The summed E-state index contributed by atoms with van der Waals surface area (Å²) in [7, 11) is 0. The largest absolute Gasteiger partial charge is 0.481 e. The third kappa shape index (κ3) is 3.69. The van der Waals surface area contributed by atoms with Gasteiger partial charge in [0, 0.05) is 18.4 Å². The highest BCUT2D eigenvalue weighted by atomic mass is 16.4. The molecule has 0 amide bonds. The van der Waals surface area contributed by atoms with Crippen LogP contribution >= 0.6 is 0 Å². The van der Waals surface area contributed by atoms with Crippen LogP contribution in [0.25, 0.3) is 0 Å². The van der Waals surface area contributed by atoms with Crippen molar-refractivity contribution in [3.63, 3.8) is 0 Å². The molecule has 1 unspecified atom stereocenters. The maximum absolute atomic E-state index is 12.2. The number of hydrogen-bond donors (Lipinski definition) is 1. The highest BCUT2D eigenvalue weighted by molar-refractivity contribution is 5.99. The second kappa shape index (κ2) is 5.80. The van der Waals surface area contributed by atoms with E-state index in [0.29, 0.717) is 0 Å². The van der Waals surface area contributed by atoms with Crippen molar-refractivity contribution in [2.24, 2.45) is 5.92 Å². The van der Waals surface area contributed by atoms with E-state index in [1.54, 1.807) is 6.92 Å². The van der Waals surface area contributed by atoms with Crippen LogP contribution in [0.3, 0.4) is 0 Å². The van der Waals surface area contributed by atoms with Crippen molar-refractivity contribution in [1.29, 1.82) is 0 Å². The number of rotatable bonds is 5. The van der Waals surface area contributed by atoms with E-state index < -0.39 is 5.97 Å². The Labute approximate surface area is 108 Å². The van der Waals surface area contributed by atoms with E-state index in [4.69, 9.17) is 5.11 Å². The fourth-order valence-electron chi connectivity index (χ4n) is 2.41. The molecule has 0 saturated carbocycles. The van der Waals surface area contributed by atoms with Crippen molar-refractivity contribution in [2.75, 3.05) is 0 Å². The van der Waals surface area contributed by atoms with Gasteiger partial charge in [0.15, 0.2) is 5.78 Å². The molecule has 0 bridgehead atoms. The summed E-state index contributed by atoms with van der Waals surface area (Å²) in [6.07, 6.45) is 0.326. The molecule has 98 valence electrons. The van der Waals surface area contributed by atoms with Gasteiger partial charge in [-0.15, -0.1) is 0 Å². The maximum atomic E-state index is 12.2. The molecule has 0 aliphatic heterocycles. The Morgan fingerprint density at radius 3 is 2.06 bits per heavy atom. The summed E-state index contributed by atoms with van der Waals surface area (Å²) in [6, 6.07) is 3.98. The second-order valence-corrected chi connectivity index (χ2v) is 5.10. The van der Waals surface area contributed by atoms with Gasteiger partial charge >= 0.3 is 5.97 Å². The Balaban J connectivity index is 2.88. The van der Waals surface area contributed by atoms with Gasteiger partial charge < -0.3 is 5.11 Å². The fourth-order valence-corrected chi connectivity index (χ4v) is 2.41. The lowest BCUT2D eigenvalue weighted by Crippen LogP contribution is -2.12. The predicted octanol–water partition coefficient (Wildman–Crippen LogP) is 3.30. The molecule has 0 aromatic heterocycles. The quantitative estimate of drug-likeness (QED) is 0.813. The minimum absolute atomic E-state index is 0.0374. The number of benzene rings is 1. The lowest BCUT2D eigenvalue weighted by molar-refractivity contribution is -0.137. The number of ketones is 1. The molecule has 1 aromatic carbocycles. The minimum atomic E-state index is -0.854. The Bertz CT molecular complexity index is 452. The molecule has 0 aliphatic carbocycles. The topological polar surface area (TPSA) is 54.4 Å². The van der Waals surface area contributed by atoms with Crippen LogP contribution in [0.15, 0.2) is 12.1 Å². The molecular weight excluding hydrogens is 228 g/mol. The lowest BCUT2D eigenvalue weighted by Gasteiger charge is -2.12. The molecule has 18 heavy (non-hydrogen) atoms. The van der Waals surface area contributed by atoms with E-state index in [9.17, 15) is 9.59 Å². The Morgan fingerprint density at radius 1 is 1.11 bits per heavy atom. The smallest absolute Gasteiger partial charge is 0.303 e. The Kier molecular flexibility index (Phi) is 4.65. The number of carbonyl (C=O) groups excluding carboxylic acids is 1. The molecule has 1 N–H and O–H groups in total. The van der Waals surface area contributed by atoms with Gasteiger partial charge in [-0.1, -0.05) is 24.6 Å². The van der Waals surface area contributed by atoms with Gasteiger partial charge in [0.1, 0.15) is 0 Å². The van der Waals surface area contributed by atoms with Crippen LogP contribution in [-0.2, 0) is 4.79 Å². The molecule has 3 heteroatoms. The van der Waals surface area contributed by atoms with Crippen LogP contribution < -0.4 is 0 Å². The Hall–Kier alpha value is -1.64. The van der Waals surface area contributed by atoms with Crippen LogP contribution in [0.2, 0.25) is 0 Å². The van der Waals surface area contributed by atoms with Crippen LogP contribution in [0.1, 0.15) is 46.8 Å². The van der Waals surface area contributed by atoms with Crippen LogP contribution in [0.4, 0.5) is 0 Å². The van der Waals surface area contributed by atoms with Crippen molar-refractivity contribution in [3.8, 4) is 0 Å². The molecule has 0 saturated heterocycles. The number of carbonyl (C=O) groups is 2. The SMILES string of the molecule is Cc1cc(C)c(C(=O)CC(C)CC(=O)O)c(C)c1. The van der Waals surface area contributed by atoms with Crippen molar-refractivity contribution in [3.05, 3.63) is 34.4 Å². The normalized spacial score (nSPS) is 12.2. The van der Waals surface area contributed by atoms with Gasteiger partial charge in [-0.3, -0.25) is 9.59 Å². The number of aliphatic carboxylic acids is 1. The fraction of sp³-hybridized carbons (Fsp3) is 0.467. The minimum Gasteiger partial charge on any atom is -0.481 e. The second-order valence-electron chi connectivity index (χ2n) is 5.10. The summed E-state index contributed by atoms with van der Waals surface area (Å²) in [5.74, 6) is -0.943. The molecule has 0 fully saturated rings. The van der Waals surface area contributed by atoms with Crippen molar-refractivity contribution in [2.45, 2.75) is 40.5 Å². The third-order valence-corrected chi connectivity index (χ3v) is 3.01. The highest BCUT2D eigenvalue weighted by Crippen LogP contribution is 2.21. The van der Waals surface area contributed by atoms with Crippen LogP contribution in [0, 0.1) is 26.7 Å². The molecular formula is C15H20O3. The van der Waals surface area contributed by atoms with Crippen LogP contribution in [-0.4, -0.2) is 16.9 Å². The first-order valence-electron chi connectivity index (χ1n) is 6.14. The molecule has 0 heterocycles. The number of Topliss-reactive ketones (excluding diaryl/α,β-unsaturated/α-hetero) is 1. The summed E-state index contributed by atoms with van der Waals surface area (Å²) in [5, 5.41) is 8.70. The molecule has 0 radical (unpaired) electrons. The maximum Gasteiger partial charge on any atom is 0.303 e. The van der Waals surface area contributed by atoms with Gasteiger partial charge in [0.25, 0.3) is 0 Å². The van der Waals surface area contributed by atoms with E-state index in [-0.39, 0.29) is 24.5 Å². The molecule has 0 spiro atoms. The van der Waals surface area contributed by atoms with Crippen molar-refractivity contribution >= 4 is 11.8 Å². The molecule has 0 aliphatic rings. The number of carboxylic acids is 1. The van der Waals surface area contributed by atoms with Gasteiger partial charge in [-0.25, -0.2) is 0 Å². The number of carboxylic acid groups (broad SMARTS) is 1. The van der Waals surface area contributed by atoms with E-state index in [0.717, 1.165) is 22.3 Å². The van der Waals surface area contributed by atoms with E-state index >= 15 is 0 Å². The zero-order chi connectivity index (χ0) is 13.9. The first-order chi connectivity index (χ1) is 8.31. The van der Waals surface area contributed by atoms with Gasteiger partial charge in [0.05, 0.1) is 0 Å². The Morgan fingerprint density at radius 2 is 1.61 bits per heavy atom. The molecule has 1 rings (SSSR count). The summed E-state index contributed by atoms with van der Waals surface area (Å²) >= 11 is 0. The first-order valence-corrected chi connectivity index (χ1v) is 6.14. The summed E-state index contributed by atoms with van der Waals surface area (Å²) in [4.78, 5) is 22.8. The highest BCUT2D eigenvalue weighted by Gasteiger charge is 2.17. The first kappa shape index (κ1) is 14.4. The zero-order valence-electron chi connectivity index (χ0n) is 11.4. The van der Waals surface area contributed by atoms with Crippen molar-refractivity contribution in [1.82, 2.24) is 0 Å². The summed E-state index contributed by atoms with van der Waals surface area (Å²) in [5.41, 5.74) is 3.83. The molecule has 1 atom stereocenters. The van der Waals surface area contributed by atoms with Crippen molar-refractivity contribution < 1.29 is 14.7 Å². The molecule has 1 aromatic rings. The van der Waals surface area contributed by atoms with Gasteiger partial charge in [0.2, 0.25) is 0 Å². The average Bonchev–Trinajstić information content (AvgIpc) is 2.12. The van der Waals surface area contributed by atoms with E-state index in [2.05, 4.69) is 0 Å². The van der Waals surface area contributed by atoms with E-state index in [1.807, 2.05) is 32.9 Å². The zero-order valence-corrected chi connectivity index (χ0v) is 11.4. The van der Waals surface area contributed by atoms with Gasteiger partial charge in [-0.05, 0) is 37.8 Å². The third-order valence-electron chi connectivity index (χ3n) is 3.01. The van der Waals surface area contributed by atoms with Gasteiger partial charge in [-0.2, -0.15) is 0 Å². The lowest BCUT2D eigenvalue weighted by atomic mass is 9.91.